The highest BCUT2D eigenvalue weighted by molar-refractivity contribution is 5.40. The molecule has 0 aromatic heterocycles. The van der Waals surface area contributed by atoms with Crippen LogP contribution in [0.15, 0.2) is 12.1 Å². The fourth-order valence-corrected chi connectivity index (χ4v) is 3.29. The third-order valence-electron chi connectivity index (χ3n) is 3.96. The van der Waals surface area contributed by atoms with Crippen molar-refractivity contribution in [3.05, 3.63) is 34.4 Å². The van der Waals surface area contributed by atoms with Crippen molar-refractivity contribution in [3.63, 3.8) is 0 Å². The van der Waals surface area contributed by atoms with Gasteiger partial charge in [-0.25, -0.2) is 0 Å². The number of piperidine rings is 1. The fraction of sp³-hybridized carbons (Fsp3) is 0.600. The van der Waals surface area contributed by atoms with E-state index in [0.29, 0.717) is 6.04 Å². The van der Waals surface area contributed by atoms with E-state index in [4.69, 9.17) is 5.73 Å². The lowest BCUT2D eigenvalue weighted by atomic mass is 9.85. The van der Waals surface area contributed by atoms with Gasteiger partial charge in [0.2, 0.25) is 0 Å². The van der Waals surface area contributed by atoms with Crippen LogP contribution in [0.1, 0.15) is 41.1 Å². The van der Waals surface area contributed by atoms with E-state index < -0.39 is 0 Å². The summed E-state index contributed by atoms with van der Waals surface area (Å²) in [6, 6.07) is 5.22. The first-order chi connectivity index (χ1) is 8.00. The van der Waals surface area contributed by atoms with E-state index in [1.54, 1.807) is 0 Å². The van der Waals surface area contributed by atoms with E-state index in [-0.39, 0.29) is 6.04 Å². The Labute approximate surface area is 105 Å². The molecule has 2 rings (SSSR count). The van der Waals surface area contributed by atoms with Gasteiger partial charge in [-0.3, -0.25) is 4.90 Å². The summed E-state index contributed by atoms with van der Waals surface area (Å²) in [6.45, 7) is 7.74. The van der Waals surface area contributed by atoms with Gasteiger partial charge in [-0.05, 0) is 63.9 Å². The number of hydrogen-bond donors (Lipinski definition) is 1. The Bertz CT molecular complexity index is 378. The van der Waals surface area contributed by atoms with Gasteiger partial charge in [-0.15, -0.1) is 0 Å². The predicted molar refractivity (Wildman–Crippen MR) is 73.2 cm³/mol. The Morgan fingerprint density at radius 1 is 1.18 bits per heavy atom. The second-order valence-electron chi connectivity index (χ2n) is 5.54. The summed E-state index contributed by atoms with van der Waals surface area (Å²) in [6.07, 6.45) is 2.36. The summed E-state index contributed by atoms with van der Waals surface area (Å²) >= 11 is 0. The number of benzene rings is 1. The monoisotopic (exact) mass is 232 g/mol. The van der Waals surface area contributed by atoms with E-state index in [2.05, 4.69) is 44.9 Å². The molecule has 94 valence electrons. The van der Waals surface area contributed by atoms with Crippen LogP contribution >= 0.6 is 0 Å². The molecule has 1 heterocycles. The molecule has 0 saturated carbocycles. The van der Waals surface area contributed by atoms with Gasteiger partial charge in [0, 0.05) is 6.04 Å². The number of rotatable bonds is 1. The topological polar surface area (TPSA) is 29.3 Å². The summed E-state index contributed by atoms with van der Waals surface area (Å²) in [5, 5.41) is 0. The van der Waals surface area contributed by atoms with Crippen LogP contribution in [-0.2, 0) is 0 Å². The number of nitrogens with two attached hydrogens (primary N) is 1. The molecule has 2 N–H and O–H groups in total. The van der Waals surface area contributed by atoms with Crippen molar-refractivity contribution in [1.29, 1.82) is 0 Å². The molecule has 1 aromatic carbocycles. The van der Waals surface area contributed by atoms with Gasteiger partial charge >= 0.3 is 0 Å². The van der Waals surface area contributed by atoms with E-state index in [9.17, 15) is 0 Å². The lowest BCUT2D eigenvalue weighted by Crippen LogP contribution is -2.44. The maximum atomic E-state index is 6.34. The summed E-state index contributed by atoms with van der Waals surface area (Å²) in [5.74, 6) is 0. The first kappa shape index (κ1) is 12.6. The van der Waals surface area contributed by atoms with Gasteiger partial charge in [-0.2, -0.15) is 0 Å². The molecule has 2 heteroatoms. The van der Waals surface area contributed by atoms with Crippen molar-refractivity contribution in [2.75, 3.05) is 13.6 Å². The minimum absolute atomic E-state index is 0.272. The van der Waals surface area contributed by atoms with Crippen LogP contribution in [0.4, 0.5) is 0 Å². The van der Waals surface area contributed by atoms with E-state index in [1.165, 1.54) is 28.7 Å². The van der Waals surface area contributed by atoms with Gasteiger partial charge < -0.3 is 5.73 Å². The Morgan fingerprint density at radius 2 is 1.76 bits per heavy atom. The van der Waals surface area contributed by atoms with Gasteiger partial charge in [0.05, 0.1) is 6.04 Å². The van der Waals surface area contributed by atoms with Crippen LogP contribution in [0.25, 0.3) is 0 Å². The van der Waals surface area contributed by atoms with Crippen molar-refractivity contribution in [1.82, 2.24) is 4.90 Å². The standard InChI is InChI=1S/C15H24N2/c1-10-8-11(2)14(12(3)9-10)15-13(16)6-5-7-17(15)4/h8-9,13,15H,5-7,16H2,1-4H3. The SMILES string of the molecule is Cc1cc(C)c(C2C(N)CCCN2C)c(C)c1. The van der Waals surface area contributed by atoms with Crippen molar-refractivity contribution in [2.24, 2.45) is 5.73 Å². The van der Waals surface area contributed by atoms with Crippen molar-refractivity contribution < 1.29 is 0 Å². The lowest BCUT2D eigenvalue weighted by molar-refractivity contribution is 0.162. The first-order valence-corrected chi connectivity index (χ1v) is 6.54. The second kappa shape index (κ2) is 4.79. The zero-order valence-electron chi connectivity index (χ0n) is 11.5. The smallest absolute Gasteiger partial charge is 0.0501 e. The molecule has 1 aliphatic heterocycles. The maximum Gasteiger partial charge on any atom is 0.0501 e. The summed E-state index contributed by atoms with van der Waals surface area (Å²) < 4.78 is 0. The normalized spacial score (nSPS) is 26.2. The predicted octanol–water partition coefficient (Wildman–Crippen LogP) is 2.71. The lowest BCUT2D eigenvalue weighted by Gasteiger charge is -2.39. The van der Waals surface area contributed by atoms with Crippen LogP contribution in [0.5, 0.6) is 0 Å². The van der Waals surface area contributed by atoms with Crippen molar-refractivity contribution >= 4 is 0 Å². The van der Waals surface area contributed by atoms with Crippen LogP contribution in [0, 0.1) is 20.8 Å². The molecule has 1 aromatic rings. The third kappa shape index (κ3) is 2.38. The Hall–Kier alpha value is -0.860. The molecule has 0 amide bonds. The molecule has 1 saturated heterocycles. The highest BCUT2D eigenvalue weighted by atomic mass is 15.2. The van der Waals surface area contributed by atoms with E-state index >= 15 is 0 Å². The number of aryl methyl sites for hydroxylation is 3. The number of hydrogen-bond acceptors (Lipinski definition) is 2. The highest BCUT2D eigenvalue weighted by Crippen LogP contribution is 2.33. The molecule has 2 nitrogen and oxygen atoms in total. The van der Waals surface area contributed by atoms with Gasteiger partial charge in [0.15, 0.2) is 0 Å². The van der Waals surface area contributed by atoms with Gasteiger partial charge in [-0.1, -0.05) is 17.7 Å². The number of likely N-dealkylation sites (N-methyl/N-ethyl adjacent to an activating group) is 1. The van der Waals surface area contributed by atoms with Crippen molar-refractivity contribution in [3.8, 4) is 0 Å². The van der Waals surface area contributed by atoms with Gasteiger partial charge in [0.25, 0.3) is 0 Å². The molecule has 0 bridgehead atoms. The molecular formula is C15H24N2. The molecule has 0 radical (unpaired) electrons. The molecule has 17 heavy (non-hydrogen) atoms. The number of nitrogens with zero attached hydrogens (tertiary/aromatic N) is 1. The molecule has 2 unspecified atom stereocenters. The average molecular weight is 232 g/mol. The molecule has 0 spiro atoms. The third-order valence-corrected chi connectivity index (χ3v) is 3.96. The van der Waals surface area contributed by atoms with E-state index in [0.717, 1.165) is 13.0 Å². The Kier molecular flexibility index (Phi) is 3.55. The summed E-state index contributed by atoms with van der Waals surface area (Å²) in [7, 11) is 2.20. The average Bonchev–Trinajstić information content (AvgIpc) is 2.21. The molecule has 2 atom stereocenters. The Balaban J connectivity index is 2.44. The van der Waals surface area contributed by atoms with Crippen LogP contribution in [0.3, 0.4) is 0 Å². The van der Waals surface area contributed by atoms with Crippen LogP contribution in [0.2, 0.25) is 0 Å². The Morgan fingerprint density at radius 3 is 2.29 bits per heavy atom. The van der Waals surface area contributed by atoms with Crippen LogP contribution in [-0.4, -0.2) is 24.5 Å². The zero-order valence-corrected chi connectivity index (χ0v) is 11.5. The summed E-state index contributed by atoms with van der Waals surface area (Å²) in [5.41, 5.74) is 11.9. The molecular weight excluding hydrogens is 208 g/mol. The fourth-order valence-electron chi connectivity index (χ4n) is 3.29. The minimum atomic E-state index is 0.272. The van der Waals surface area contributed by atoms with E-state index in [1.807, 2.05) is 0 Å². The minimum Gasteiger partial charge on any atom is -0.326 e. The molecule has 1 aliphatic rings. The highest BCUT2D eigenvalue weighted by Gasteiger charge is 2.29. The number of likely N-dealkylation sites (tertiary alicyclic amines) is 1. The molecule has 0 aliphatic carbocycles. The summed E-state index contributed by atoms with van der Waals surface area (Å²) in [4.78, 5) is 2.42. The molecule has 1 fully saturated rings. The largest absolute Gasteiger partial charge is 0.326 e. The zero-order chi connectivity index (χ0) is 12.6. The van der Waals surface area contributed by atoms with Crippen LogP contribution < -0.4 is 5.73 Å². The van der Waals surface area contributed by atoms with Gasteiger partial charge in [0.1, 0.15) is 0 Å². The quantitative estimate of drug-likeness (QED) is 0.806. The maximum absolute atomic E-state index is 6.34. The second-order valence-corrected chi connectivity index (χ2v) is 5.54. The first-order valence-electron chi connectivity index (χ1n) is 6.54. The van der Waals surface area contributed by atoms with Crippen molar-refractivity contribution in [2.45, 2.75) is 45.7 Å².